The molecule has 0 bridgehead atoms. The lowest BCUT2D eigenvalue weighted by molar-refractivity contribution is 0.415. The molecule has 0 amide bonds. The highest BCUT2D eigenvalue weighted by molar-refractivity contribution is 6.32. The predicted molar refractivity (Wildman–Crippen MR) is 83.3 cm³/mol. The van der Waals surface area contributed by atoms with Crippen molar-refractivity contribution in [2.75, 3.05) is 7.11 Å². The summed E-state index contributed by atoms with van der Waals surface area (Å²) < 4.78 is 18.8. The van der Waals surface area contributed by atoms with Crippen LogP contribution in [0, 0.1) is 5.82 Å². The predicted octanol–water partition coefficient (Wildman–Crippen LogP) is 4.41. The fourth-order valence-electron chi connectivity index (χ4n) is 2.35. The lowest BCUT2D eigenvalue weighted by Gasteiger charge is -2.12. The highest BCUT2D eigenvalue weighted by Crippen LogP contribution is 2.32. The molecule has 1 fully saturated rings. The lowest BCUT2D eigenvalue weighted by atomic mass is 9.99. The number of hydrogen-bond donors (Lipinski definition) is 1. The Bertz CT molecular complexity index is 655. The van der Waals surface area contributed by atoms with E-state index in [0.29, 0.717) is 16.8 Å². The van der Waals surface area contributed by atoms with Gasteiger partial charge in [-0.2, -0.15) is 0 Å². The van der Waals surface area contributed by atoms with Gasteiger partial charge in [-0.05, 0) is 53.8 Å². The summed E-state index contributed by atoms with van der Waals surface area (Å²) in [5.74, 6) is 0.376. The summed E-state index contributed by atoms with van der Waals surface area (Å²) in [6.07, 6.45) is 2.45. The summed E-state index contributed by atoms with van der Waals surface area (Å²) >= 11 is 6.17. The van der Waals surface area contributed by atoms with Crippen molar-refractivity contribution < 1.29 is 9.13 Å². The van der Waals surface area contributed by atoms with Crippen LogP contribution in [0.25, 0.3) is 11.1 Å². The summed E-state index contributed by atoms with van der Waals surface area (Å²) in [7, 11) is 1.58. The zero-order chi connectivity index (χ0) is 14.8. The summed E-state index contributed by atoms with van der Waals surface area (Å²) in [5, 5.41) is 3.99. The molecule has 1 aliphatic carbocycles. The van der Waals surface area contributed by atoms with Gasteiger partial charge in [0, 0.05) is 12.6 Å². The molecule has 0 saturated heterocycles. The maximum atomic E-state index is 13.6. The molecule has 2 aromatic carbocycles. The Labute approximate surface area is 128 Å². The van der Waals surface area contributed by atoms with E-state index >= 15 is 0 Å². The third-order valence-corrected chi connectivity index (χ3v) is 3.99. The second-order valence-corrected chi connectivity index (χ2v) is 5.71. The van der Waals surface area contributed by atoms with Crippen LogP contribution in [0.3, 0.4) is 0 Å². The largest absolute Gasteiger partial charge is 0.495 e. The first kappa shape index (κ1) is 14.4. The fourth-order valence-corrected chi connectivity index (χ4v) is 2.60. The van der Waals surface area contributed by atoms with Gasteiger partial charge in [-0.25, -0.2) is 4.39 Å². The molecule has 0 heterocycles. The van der Waals surface area contributed by atoms with E-state index in [9.17, 15) is 4.39 Å². The van der Waals surface area contributed by atoms with Gasteiger partial charge in [0.15, 0.2) is 0 Å². The molecule has 0 atom stereocenters. The minimum atomic E-state index is -0.243. The molecule has 1 N–H and O–H groups in total. The van der Waals surface area contributed by atoms with Crippen LogP contribution in [-0.2, 0) is 6.54 Å². The van der Waals surface area contributed by atoms with Gasteiger partial charge in [-0.3, -0.25) is 0 Å². The van der Waals surface area contributed by atoms with Gasteiger partial charge in [-0.15, -0.1) is 0 Å². The van der Waals surface area contributed by atoms with Crippen LogP contribution in [0.2, 0.25) is 5.02 Å². The summed E-state index contributed by atoms with van der Waals surface area (Å²) in [5.41, 5.74) is 2.84. The van der Waals surface area contributed by atoms with Gasteiger partial charge in [0.1, 0.15) is 11.6 Å². The fraction of sp³-hybridized carbons (Fsp3) is 0.294. The van der Waals surface area contributed by atoms with E-state index in [1.165, 1.54) is 18.9 Å². The number of nitrogens with one attached hydrogen (secondary N) is 1. The molecular weight excluding hydrogens is 289 g/mol. The molecule has 21 heavy (non-hydrogen) atoms. The molecule has 0 aromatic heterocycles. The molecule has 0 spiro atoms. The quantitative estimate of drug-likeness (QED) is 0.883. The number of ether oxygens (including phenoxy) is 1. The van der Waals surface area contributed by atoms with Gasteiger partial charge >= 0.3 is 0 Å². The summed E-state index contributed by atoms with van der Waals surface area (Å²) in [6, 6.07) is 11.0. The molecule has 1 aliphatic rings. The topological polar surface area (TPSA) is 21.3 Å². The van der Waals surface area contributed by atoms with Gasteiger partial charge in [0.05, 0.1) is 12.1 Å². The molecule has 1 saturated carbocycles. The van der Waals surface area contributed by atoms with E-state index in [1.807, 2.05) is 18.2 Å². The molecule has 2 aromatic rings. The van der Waals surface area contributed by atoms with Gasteiger partial charge in [0.2, 0.25) is 0 Å². The Balaban J connectivity index is 1.94. The summed E-state index contributed by atoms with van der Waals surface area (Å²) in [4.78, 5) is 0. The van der Waals surface area contributed by atoms with E-state index in [1.54, 1.807) is 19.2 Å². The van der Waals surface area contributed by atoms with Gasteiger partial charge < -0.3 is 10.1 Å². The van der Waals surface area contributed by atoms with Crippen LogP contribution in [0.4, 0.5) is 4.39 Å². The average molecular weight is 306 g/mol. The third kappa shape index (κ3) is 3.36. The van der Waals surface area contributed by atoms with Crippen molar-refractivity contribution in [2.45, 2.75) is 25.4 Å². The van der Waals surface area contributed by atoms with Crippen molar-refractivity contribution in [3.63, 3.8) is 0 Å². The Kier molecular flexibility index (Phi) is 4.13. The van der Waals surface area contributed by atoms with Crippen LogP contribution in [-0.4, -0.2) is 13.2 Å². The summed E-state index contributed by atoms with van der Waals surface area (Å²) in [6.45, 7) is 0.740. The van der Waals surface area contributed by atoms with E-state index < -0.39 is 0 Å². The van der Waals surface area contributed by atoms with Crippen LogP contribution in [0.1, 0.15) is 18.4 Å². The Morgan fingerprint density at radius 1 is 1.24 bits per heavy atom. The van der Waals surface area contributed by atoms with Crippen molar-refractivity contribution >= 4 is 11.6 Å². The van der Waals surface area contributed by atoms with E-state index in [-0.39, 0.29) is 5.82 Å². The van der Waals surface area contributed by atoms with Gasteiger partial charge in [0.25, 0.3) is 0 Å². The van der Waals surface area contributed by atoms with E-state index in [2.05, 4.69) is 5.32 Å². The molecule has 0 radical (unpaired) electrons. The monoisotopic (exact) mass is 305 g/mol. The smallest absolute Gasteiger partial charge is 0.137 e. The Morgan fingerprint density at radius 2 is 2.05 bits per heavy atom. The molecule has 0 aliphatic heterocycles. The highest BCUT2D eigenvalue weighted by Gasteiger charge is 2.20. The van der Waals surface area contributed by atoms with E-state index in [0.717, 1.165) is 23.2 Å². The zero-order valence-electron chi connectivity index (χ0n) is 11.8. The molecule has 110 valence electrons. The molecule has 2 nitrogen and oxygen atoms in total. The first-order valence-corrected chi connectivity index (χ1v) is 7.41. The van der Waals surface area contributed by atoms with Crippen LogP contribution >= 0.6 is 11.6 Å². The minimum absolute atomic E-state index is 0.243. The molecule has 3 rings (SSSR count). The van der Waals surface area contributed by atoms with Crippen molar-refractivity contribution in [3.05, 3.63) is 52.8 Å². The SMILES string of the molecule is COc1ccc(-c2cc(F)ccc2CNC2CC2)cc1Cl. The standard InChI is InChI=1S/C17H17ClFNO/c1-21-17-7-3-11(8-16(17)18)15-9-13(19)4-2-12(15)10-20-14-5-6-14/h2-4,7-9,14,20H,5-6,10H2,1H3. The minimum Gasteiger partial charge on any atom is -0.495 e. The average Bonchev–Trinajstić information content (AvgIpc) is 3.30. The molecular formula is C17H17ClFNO. The van der Waals surface area contributed by atoms with E-state index in [4.69, 9.17) is 16.3 Å². The van der Waals surface area contributed by atoms with Crippen molar-refractivity contribution in [2.24, 2.45) is 0 Å². The number of methoxy groups -OCH3 is 1. The van der Waals surface area contributed by atoms with Gasteiger partial charge in [-0.1, -0.05) is 23.7 Å². The van der Waals surface area contributed by atoms with Crippen molar-refractivity contribution in [1.82, 2.24) is 5.32 Å². The number of benzene rings is 2. The van der Waals surface area contributed by atoms with Crippen molar-refractivity contribution in [1.29, 1.82) is 0 Å². The second kappa shape index (κ2) is 6.04. The number of rotatable bonds is 5. The van der Waals surface area contributed by atoms with Crippen molar-refractivity contribution in [3.8, 4) is 16.9 Å². The number of hydrogen-bond acceptors (Lipinski definition) is 2. The second-order valence-electron chi connectivity index (χ2n) is 5.31. The third-order valence-electron chi connectivity index (χ3n) is 3.69. The first-order valence-electron chi connectivity index (χ1n) is 7.03. The Morgan fingerprint density at radius 3 is 2.71 bits per heavy atom. The number of halogens is 2. The Hall–Kier alpha value is -1.58. The molecule has 4 heteroatoms. The lowest BCUT2D eigenvalue weighted by Crippen LogP contribution is -2.15. The first-order chi connectivity index (χ1) is 10.2. The van der Waals surface area contributed by atoms with Crippen LogP contribution in [0.15, 0.2) is 36.4 Å². The van der Waals surface area contributed by atoms with Crippen LogP contribution in [0.5, 0.6) is 5.75 Å². The maximum Gasteiger partial charge on any atom is 0.137 e. The zero-order valence-corrected chi connectivity index (χ0v) is 12.6. The highest BCUT2D eigenvalue weighted by atomic mass is 35.5. The normalized spacial score (nSPS) is 14.2. The molecule has 0 unspecified atom stereocenters. The maximum absolute atomic E-state index is 13.6. The van der Waals surface area contributed by atoms with Crippen LogP contribution < -0.4 is 10.1 Å².